The molecule has 2 aromatic rings. The van der Waals surface area contributed by atoms with Crippen molar-refractivity contribution >= 4 is 63.3 Å². The van der Waals surface area contributed by atoms with Crippen LogP contribution >= 0.6 is 35.0 Å². The molecule has 1 atom stereocenters. The molecule has 2 N–H and O–H groups in total. The lowest BCUT2D eigenvalue weighted by atomic mass is 10.1. The molecule has 1 aliphatic heterocycles. The van der Waals surface area contributed by atoms with Gasteiger partial charge in [0.05, 0.1) is 15.7 Å². The Morgan fingerprint density at radius 1 is 1.24 bits per heavy atom. The van der Waals surface area contributed by atoms with E-state index in [1.54, 1.807) is 7.05 Å². The van der Waals surface area contributed by atoms with Gasteiger partial charge in [-0.2, -0.15) is 0 Å². The lowest BCUT2D eigenvalue weighted by Crippen LogP contribution is -2.43. The molecular formula is C20H19Cl2N3O3S. The van der Waals surface area contributed by atoms with Crippen molar-refractivity contribution in [2.24, 2.45) is 4.99 Å². The highest BCUT2D eigenvalue weighted by atomic mass is 35.5. The first-order chi connectivity index (χ1) is 13.7. The zero-order valence-corrected chi connectivity index (χ0v) is 18.3. The van der Waals surface area contributed by atoms with Crippen LogP contribution in [0.25, 0.3) is 0 Å². The lowest BCUT2D eigenvalue weighted by Gasteiger charge is -2.29. The fraction of sp³-hybridized carbons (Fsp3) is 0.250. The van der Waals surface area contributed by atoms with Crippen molar-refractivity contribution in [3.05, 3.63) is 51.5 Å². The van der Waals surface area contributed by atoms with Crippen molar-refractivity contribution in [3.8, 4) is 5.75 Å². The summed E-state index contributed by atoms with van der Waals surface area (Å²) in [6.07, 6.45) is 0.0635. The first kappa shape index (κ1) is 21.5. The minimum atomic E-state index is -0.624. The molecule has 1 saturated heterocycles. The van der Waals surface area contributed by atoms with Gasteiger partial charge in [0.2, 0.25) is 11.8 Å². The fourth-order valence-electron chi connectivity index (χ4n) is 2.79. The quantitative estimate of drug-likeness (QED) is 0.694. The maximum absolute atomic E-state index is 12.8. The number of hydrogen-bond donors (Lipinski definition) is 2. The summed E-state index contributed by atoms with van der Waals surface area (Å²) in [5.74, 6) is -0.721. The molecule has 9 heteroatoms. The summed E-state index contributed by atoms with van der Waals surface area (Å²) in [6, 6.07) is 8.62. The number of aliphatic imine (C=N–C) groups is 1. The van der Waals surface area contributed by atoms with Crippen molar-refractivity contribution < 1.29 is 14.7 Å². The Bertz CT molecular complexity index is 1000. The molecular weight excluding hydrogens is 433 g/mol. The Kier molecular flexibility index (Phi) is 6.41. The van der Waals surface area contributed by atoms with Gasteiger partial charge >= 0.3 is 0 Å². The molecule has 3 rings (SSSR count). The molecule has 0 aromatic heterocycles. The number of aryl methyl sites for hydroxylation is 2. The van der Waals surface area contributed by atoms with Crippen molar-refractivity contribution in [2.75, 3.05) is 12.4 Å². The van der Waals surface area contributed by atoms with Crippen LogP contribution in [0, 0.1) is 13.8 Å². The third kappa shape index (κ3) is 4.86. The van der Waals surface area contributed by atoms with Gasteiger partial charge in [-0.3, -0.25) is 14.5 Å². The smallest absolute Gasteiger partial charge is 0.238 e. The normalized spacial score (nSPS) is 18.2. The first-order valence-corrected chi connectivity index (χ1v) is 10.4. The number of halogens is 2. The molecule has 1 heterocycles. The second-order valence-electron chi connectivity index (χ2n) is 6.72. The van der Waals surface area contributed by atoms with Crippen molar-refractivity contribution in [3.63, 3.8) is 0 Å². The van der Waals surface area contributed by atoms with E-state index in [1.807, 2.05) is 32.0 Å². The molecule has 0 spiro atoms. The average Bonchev–Trinajstić information content (AvgIpc) is 2.65. The van der Waals surface area contributed by atoms with Gasteiger partial charge in [0, 0.05) is 19.2 Å². The molecule has 0 radical (unpaired) electrons. The molecule has 0 saturated carbocycles. The predicted molar refractivity (Wildman–Crippen MR) is 119 cm³/mol. The second-order valence-corrected chi connectivity index (χ2v) is 8.71. The molecule has 1 unspecified atom stereocenters. The van der Waals surface area contributed by atoms with E-state index in [2.05, 4.69) is 10.3 Å². The largest absolute Gasteiger partial charge is 0.505 e. The van der Waals surface area contributed by atoms with Crippen LogP contribution in [0.1, 0.15) is 17.5 Å². The number of benzene rings is 2. The van der Waals surface area contributed by atoms with E-state index in [4.69, 9.17) is 23.2 Å². The highest BCUT2D eigenvalue weighted by Crippen LogP contribution is 2.37. The van der Waals surface area contributed by atoms with Crippen LogP contribution < -0.4 is 5.32 Å². The molecule has 2 aromatic carbocycles. The van der Waals surface area contributed by atoms with Crippen LogP contribution in [0.5, 0.6) is 5.75 Å². The third-order valence-electron chi connectivity index (χ3n) is 4.43. The van der Waals surface area contributed by atoms with Crippen LogP contribution in [-0.4, -0.2) is 39.3 Å². The average molecular weight is 452 g/mol. The summed E-state index contributed by atoms with van der Waals surface area (Å²) in [7, 11) is 1.59. The van der Waals surface area contributed by atoms with E-state index in [1.165, 1.54) is 28.8 Å². The summed E-state index contributed by atoms with van der Waals surface area (Å²) < 4.78 is 0. The van der Waals surface area contributed by atoms with E-state index < -0.39 is 5.25 Å². The Hall–Kier alpha value is -2.22. The van der Waals surface area contributed by atoms with Gasteiger partial charge in [-0.05, 0) is 37.6 Å². The molecule has 29 heavy (non-hydrogen) atoms. The molecule has 2 amide bonds. The van der Waals surface area contributed by atoms with E-state index in [-0.39, 0.29) is 34.0 Å². The molecule has 1 aliphatic rings. The van der Waals surface area contributed by atoms with Crippen LogP contribution in [0.4, 0.5) is 11.4 Å². The first-order valence-electron chi connectivity index (χ1n) is 8.73. The minimum Gasteiger partial charge on any atom is -0.505 e. The summed E-state index contributed by atoms with van der Waals surface area (Å²) in [6.45, 7) is 3.90. The van der Waals surface area contributed by atoms with Gasteiger partial charge in [-0.15, -0.1) is 0 Å². The zero-order valence-electron chi connectivity index (χ0n) is 16.0. The Morgan fingerprint density at radius 2 is 1.90 bits per heavy atom. The van der Waals surface area contributed by atoms with Gasteiger partial charge in [0.15, 0.2) is 10.9 Å². The van der Waals surface area contributed by atoms with E-state index in [9.17, 15) is 14.7 Å². The zero-order chi connectivity index (χ0) is 21.3. The molecule has 0 bridgehead atoms. The van der Waals surface area contributed by atoms with Gasteiger partial charge < -0.3 is 10.4 Å². The number of phenols is 1. The van der Waals surface area contributed by atoms with Crippen molar-refractivity contribution in [1.82, 2.24) is 4.90 Å². The molecule has 152 valence electrons. The van der Waals surface area contributed by atoms with Gasteiger partial charge in [-0.1, -0.05) is 52.7 Å². The summed E-state index contributed by atoms with van der Waals surface area (Å²) in [4.78, 5) is 31.0. The highest BCUT2D eigenvalue weighted by molar-refractivity contribution is 8.15. The monoisotopic (exact) mass is 451 g/mol. The van der Waals surface area contributed by atoms with E-state index >= 15 is 0 Å². The molecule has 0 aliphatic carbocycles. The van der Waals surface area contributed by atoms with Crippen LogP contribution in [0.2, 0.25) is 10.0 Å². The Labute approximate surface area is 182 Å². The SMILES string of the molecule is Cc1ccc(NC(=O)C2CC(=O)N(C)C(=Nc3cc(Cl)c(O)c(Cl)c3)S2)c(C)c1. The third-order valence-corrected chi connectivity index (χ3v) is 6.24. The maximum Gasteiger partial charge on any atom is 0.238 e. The van der Waals surface area contributed by atoms with Crippen LogP contribution in [0.15, 0.2) is 35.3 Å². The maximum atomic E-state index is 12.8. The number of amidine groups is 1. The Balaban J connectivity index is 1.83. The summed E-state index contributed by atoms with van der Waals surface area (Å²) in [5.41, 5.74) is 3.13. The van der Waals surface area contributed by atoms with Gasteiger partial charge in [-0.25, -0.2) is 4.99 Å². The van der Waals surface area contributed by atoms with Crippen LogP contribution in [-0.2, 0) is 9.59 Å². The number of amides is 2. The number of aromatic hydroxyl groups is 1. The fourth-order valence-corrected chi connectivity index (χ4v) is 4.33. The van der Waals surface area contributed by atoms with Gasteiger partial charge in [0.25, 0.3) is 0 Å². The van der Waals surface area contributed by atoms with Gasteiger partial charge in [0.1, 0.15) is 5.25 Å². The predicted octanol–water partition coefficient (Wildman–Crippen LogP) is 4.91. The standard InChI is InChI=1S/C20H19Cl2N3O3S/c1-10-4-5-15(11(2)6-10)24-19(28)16-9-17(26)25(3)20(29-16)23-12-7-13(21)18(27)14(22)8-12/h4-8,16,27H,9H2,1-3H3,(H,24,28). The number of nitrogens with zero attached hydrogens (tertiary/aromatic N) is 2. The van der Waals surface area contributed by atoms with E-state index in [0.717, 1.165) is 11.1 Å². The number of anilines is 1. The number of rotatable bonds is 3. The summed E-state index contributed by atoms with van der Waals surface area (Å²) in [5, 5.41) is 12.4. The number of carbonyl (C=O) groups excluding carboxylic acids is 2. The number of nitrogens with one attached hydrogen (secondary N) is 1. The number of hydrogen-bond acceptors (Lipinski definition) is 5. The Morgan fingerprint density at radius 3 is 2.52 bits per heavy atom. The topological polar surface area (TPSA) is 82.0 Å². The van der Waals surface area contributed by atoms with E-state index in [0.29, 0.717) is 16.5 Å². The molecule has 1 fully saturated rings. The molecule has 6 nitrogen and oxygen atoms in total. The second kappa shape index (κ2) is 8.65. The van der Waals surface area contributed by atoms with Crippen molar-refractivity contribution in [2.45, 2.75) is 25.5 Å². The highest BCUT2D eigenvalue weighted by Gasteiger charge is 2.34. The number of carbonyl (C=O) groups is 2. The minimum absolute atomic E-state index is 0.0516. The van der Waals surface area contributed by atoms with Crippen molar-refractivity contribution in [1.29, 1.82) is 0 Å². The number of phenolic OH excluding ortho intramolecular Hbond substituents is 1. The number of thioether (sulfide) groups is 1. The van der Waals surface area contributed by atoms with Crippen LogP contribution in [0.3, 0.4) is 0 Å². The summed E-state index contributed by atoms with van der Waals surface area (Å²) >= 11 is 13.1. The lowest BCUT2D eigenvalue weighted by molar-refractivity contribution is -0.128.